The van der Waals surface area contributed by atoms with E-state index in [1.54, 1.807) is 19.2 Å². The van der Waals surface area contributed by atoms with Gasteiger partial charge in [0.25, 0.3) is 5.91 Å². The Morgan fingerprint density at radius 2 is 2.17 bits per heavy atom. The second-order valence-corrected chi connectivity index (χ2v) is 7.00. The maximum atomic E-state index is 12.6. The summed E-state index contributed by atoms with van der Waals surface area (Å²) in [4.78, 5) is 12.6. The summed E-state index contributed by atoms with van der Waals surface area (Å²) < 4.78 is 11.1. The lowest BCUT2D eigenvalue weighted by Gasteiger charge is -2.37. The Bertz CT molecular complexity index is 730. The van der Waals surface area contributed by atoms with E-state index < -0.39 is 0 Å². The number of carbonyl (C=O) groups excluding carboxylic acids is 1. The van der Waals surface area contributed by atoms with Crippen LogP contribution in [0, 0.1) is 12.3 Å². The summed E-state index contributed by atoms with van der Waals surface area (Å²) in [5, 5.41) is 7.89. The van der Waals surface area contributed by atoms with Gasteiger partial charge in [-0.3, -0.25) is 4.79 Å². The number of hydrogen-bond donors (Lipinski definition) is 2. The van der Waals surface area contributed by atoms with Gasteiger partial charge >= 0.3 is 0 Å². The van der Waals surface area contributed by atoms with Gasteiger partial charge in [-0.25, -0.2) is 0 Å². The van der Waals surface area contributed by atoms with Gasteiger partial charge in [0, 0.05) is 35.0 Å². The largest absolute Gasteiger partial charge is 0.451 e. The van der Waals surface area contributed by atoms with E-state index in [-0.39, 0.29) is 11.3 Å². The molecule has 1 aliphatic rings. The summed E-state index contributed by atoms with van der Waals surface area (Å²) in [5.41, 5.74) is 1.48. The lowest BCUT2D eigenvalue weighted by molar-refractivity contribution is 0.0506. The van der Waals surface area contributed by atoms with E-state index >= 15 is 0 Å². The number of furan rings is 1. The van der Waals surface area contributed by atoms with Crippen LogP contribution in [0.5, 0.6) is 0 Å². The first-order valence-corrected chi connectivity index (χ1v) is 8.59. The zero-order chi connectivity index (χ0) is 17.2. The van der Waals surface area contributed by atoms with Crippen molar-refractivity contribution in [1.82, 2.24) is 10.6 Å². The molecule has 0 radical (unpaired) electrons. The molecule has 1 aliphatic heterocycles. The van der Waals surface area contributed by atoms with E-state index in [4.69, 9.17) is 20.8 Å². The molecule has 5 nitrogen and oxygen atoms in total. The van der Waals surface area contributed by atoms with Crippen LogP contribution in [0.4, 0.5) is 0 Å². The predicted octanol–water partition coefficient (Wildman–Crippen LogP) is 3.14. The number of carbonyl (C=O) groups is 1. The zero-order valence-electron chi connectivity index (χ0n) is 14.1. The Kier molecular flexibility index (Phi) is 5.13. The molecule has 2 heterocycles. The Morgan fingerprint density at radius 1 is 1.42 bits per heavy atom. The van der Waals surface area contributed by atoms with Crippen molar-refractivity contribution < 1.29 is 13.9 Å². The van der Waals surface area contributed by atoms with Crippen molar-refractivity contribution in [3.05, 3.63) is 34.5 Å². The fraction of sp³-hybridized carbons (Fsp3) is 0.500. The molecule has 2 N–H and O–H groups in total. The topological polar surface area (TPSA) is 63.5 Å². The SMILES string of the molecule is COCC1(CNC(=O)c2oc3ccc(Cl)cc3c2C)CCNCC1. The van der Waals surface area contributed by atoms with Crippen LogP contribution >= 0.6 is 11.6 Å². The maximum absolute atomic E-state index is 12.6. The maximum Gasteiger partial charge on any atom is 0.287 e. The van der Waals surface area contributed by atoms with Gasteiger partial charge in [0.2, 0.25) is 0 Å². The first-order valence-electron chi connectivity index (χ1n) is 8.21. The number of benzene rings is 1. The van der Waals surface area contributed by atoms with Crippen molar-refractivity contribution in [3.63, 3.8) is 0 Å². The first-order chi connectivity index (χ1) is 11.5. The van der Waals surface area contributed by atoms with E-state index in [0.29, 0.717) is 29.5 Å². The fourth-order valence-corrected chi connectivity index (χ4v) is 3.57. The lowest BCUT2D eigenvalue weighted by atomic mass is 9.79. The van der Waals surface area contributed by atoms with Gasteiger partial charge in [0.1, 0.15) is 5.58 Å². The van der Waals surface area contributed by atoms with Crippen LogP contribution in [0.2, 0.25) is 5.02 Å². The molecule has 1 amide bonds. The van der Waals surface area contributed by atoms with Gasteiger partial charge in [-0.1, -0.05) is 11.6 Å². The summed E-state index contributed by atoms with van der Waals surface area (Å²) in [6.45, 7) is 5.00. The summed E-state index contributed by atoms with van der Waals surface area (Å²) >= 11 is 6.03. The quantitative estimate of drug-likeness (QED) is 0.869. The Labute approximate surface area is 146 Å². The molecule has 6 heteroatoms. The van der Waals surface area contributed by atoms with Gasteiger partial charge in [0.15, 0.2) is 5.76 Å². The second-order valence-electron chi connectivity index (χ2n) is 6.56. The molecule has 24 heavy (non-hydrogen) atoms. The van der Waals surface area contributed by atoms with Crippen LogP contribution in [-0.2, 0) is 4.74 Å². The molecule has 0 unspecified atom stereocenters. The van der Waals surface area contributed by atoms with Gasteiger partial charge in [-0.15, -0.1) is 0 Å². The van der Waals surface area contributed by atoms with Crippen molar-refractivity contribution in [2.75, 3.05) is 33.4 Å². The number of ether oxygens (including phenoxy) is 1. The molecule has 0 atom stereocenters. The van der Waals surface area contributed by atoms with Gasteiger partial charge in [0.05, 0.1) is 6.61 Å². The molecule has 0 spiro atoms. The normalized spacial score (nSPS) is 17.1. The number of amides is 1. The van der Waals surface area contributed by atoms with Gasteiger partial charge < -0.3 is 19.8 Å². The number of aryl methyl sites for hydroxylation is 1. The standard InChI is InChI=1S/C18H23ClN2O3/c1-12-14-9-13(19)3-4-15(14)24-16(12)17(22)21-10-18(11-23-2)5-7-20-8-6-18/h3-4,9,20H,5-8,10-11H2,1-2H3,(H,21,22). The number of methoxy groups -OCH3 is 1. The highest BCUT2D eigenvalue weighted by Gasteiger charge is 2.33. The monoisotopic (exact) mass is 350 g/mol. The predicted molar refractivity (Wildman–Crippen MR) is 94.7 cm³/mol. The molecule has 1 fully saturated rings. The van der Waals surface area contributed by atoms with Crippen LogP contribution in [0.15, 0.2) is 22.6 Å². The summed E-state index contributed by atoms with van der Waals surface area (Å²) in [6.07, 6.45) is 1.96. The van der Waals surface area contributed by atoms with E-state index in [9.17, 15) is 4.79 Å². The number of hydrogen-bond acceptors (Lipinski definition) is 4. The Morgan fingerprint density at radius 3 is 2.88 bits per heavy atom. The van der Waals surface area contributed by atoms with E-state index in [1.165, 1.54) is 0 Å². The third kappa shape index (κ3) is 3.43. The number of halogens is 1. The van der Waals surface area contributed by atoms with Crippen molar-refractivity contribution >= 4 is 28.5 Å². The Hall–Kier alpha value is -1.56. The van der Waals surface area contributed by atoms with Gasteiger partial charge in [-0.2, -0.15) is 0 Å². The minimum atomic E-state index is -0.186. The summed E-state index contributed by atoms with van der Waals surface area (Å²) in [5.74, 6) is 0.169. The molecule has 1 aromatic carbocycles. The molecular formula is C18H23ClN2O3. The summed E-state index contributed by atoms with van der Waals surface area (Å²) in [6, 6.07) is 5.38. The number of piperidine rings is 1. The average molecular weight is 351 g/mol. The third-order valence-electron chi connectivity index (χ3n) is 4.84. The molecule has 0 bridgehead atoms. The van der Waals surface area contributed by atoms with Crippen LogP contribution in [0.25, 0.3) is 11.0 Å². The molecule has 1 saturated heterocycles. The van der Waals surface area contributed by atoms with Crippen LogP contribution in [-0.4, -0.2) is 39.3 Å². The minimum Gasteiger partial charge on any atom is -0.451 e. The average Bonchev–Trinajstić information content (AvgIpc) is 2.91. The highest BCUT2D eigenvalue weighted by molar-refractivity contribution is 6.31. The lowest BCUT2D eigenvalue weighted by Crippen LogP contribution is -2.47. The molecule has 2 aromatic rings. The molecule has 0 aliphatic carbocycles. The summed E-state index contributed by atoms with van der Waals surface area (Å²) in [7, 11) is 1.71. The Balaban J connectivity index is 1.76. The molecular weight excluding hydrogens is 328 g/mol. The van der Waals surface area contributed by atoms with Crippen LogP contribution in [0.1, 0.15) is 29.0 Å². The molecule has 130 valence electrons. The van der Waals surface area contributed by atoms with Crippen molar-refractivity contribution in [2.45, 2.75) is 19.8 Å². The van der Waals surface area contributed by atoms with Crippen LogP contribution < -0.4 is 10.6 Å². The fourth-order valence-electron chi connectivity index (χ4n) is 3.39. The number of fused-ring (bicyclic) bond motifs is 1. The number of rotatable bonds is 5. The van der Waals surface area contributed by atoms with Crippen molar-refractivity contribution in [1.29, 1.82) is 0 Å². The van der Waals surface area contributed by atoms with E-state index in [1.807, 2.05) is 13.0 Å². The third-order valence-corrected chi connectivity index (χ3v) is 5.08. The van der Waals surface area contributed by atoms with Gasteiger partial charge in [-0.05, 0) is 51.1 Å². The highest BCUT2D eigenvalue weighted by Crippen LogP contribution is 2.30. The van der Waals surface area contributed by atoms with Crippen LogP contribution in [0.3, 0.4) is 0 Å². The first kappa shape index (κ1) is 17.3. The molecule has 1 aromatic heterocycles. The second kappa shape index (κ2) is 7.13. The minimum absolute atomic E-state index is 0.0150. The van der Waals surface area contributed by atoms with E-state index in [2.05, 4.69) is 10.6 Å². The molecule has 3 rings (SSSR count). The zero-order valence-corrected chi connectivity index (χ0v) is 14.8. The smallest absolute Gasteiger partial charge is 0.287 e. The highest BCUT2D eigenvalue weighted by atomic mass is 35.5. The molecule has 0 saturated carbocycles. The van der Waals surface area contributed by atoms with Crippen molar-refractivity contribution in [3.8, 4) is 0 Å². The number of nitrogens with one attached hydrogen (secondary N) is 2. The van der Waals surface area contributed by atoms with E-state index in [0.717, 1.165) is 36.9 Å². The van der Waals surface area contributed by atoms with Crippen molar-refractivity contribution in [2.24, 2.45) is 5.41 Å².